The number of hydrogen-bond donors (Lipinski definition) is 1. The van der Waals surface area contributed by atoms with Crippen molar-refractivity contribution in [2.45, 2.75) is 32.4 Å². The van der Waals surface area contributed by atoms with Gasteiger partial charge in [-0.25, -0.2) is 4.79 Å². The summed E-state index contributed by atoms with van der Waals surface area (Å²) in [5.74, 6) is 0.224. The molecule has 2 bridgehead atoms. The van der Waals surface area contributed by atoms with Gasteiger partial charge in [-0.15, -0.1) is 0 Å². The number of ether oxygens (including phenoxy) is 1. The van der Waals surface area contributed by atoms with E-state index in [1.807, 2.05) is 30.3 Å². The molecule has 0 radical (unpaired) electrons. The van der Waals surface area contributed by atoms with Crippen LogP contribution in [0.4, 0.5) is 0 Å². The highest BCUT2D eigenvalue weighted by Crippen LogP contribution is 2.30. The molecule has 0 aliphatic carbocycles. The molecule has 0 aromatic heterocycles. The maximum Gasteiger partial charge on any atom is 0.327 e. The first kappa shape index (κ1) is 15.0. The van der Waals surface area contributed by atoms with E-state index in [1.165, 1.54) is 0 Å². The Morgan fingerprint density at radius 1 is 1.25 bits per heavy atom. The van der Waals surface area contributed by atoms with Crippen LogP contribution in [0.3, 0.4) is 0 Å². The Hall–Kier alpha value is -1.39. The second-order valence-electron chi connectivity index (χ2n) is 5.50. The molecule has 4 heteroatoms. The highest BCUT2D eigenvalue weighted by molar-refractivity contribution is 5.77. The van der Waals surface area contributed by atoms with Crippen LogP contribution in [0.25, 0.3) is 0 Å². The average molecular weight is 276 g/mol. The molecule has 4 nitrogen and oxygen atoms in total. The standard InChI is InChI=1S/C15H20N2O2.CH4/c16-14(12-4-2-1-3-5-12)15(18)19-13-10-17-8-6-11(13)7-9-17;/h1-5,11,13-14H,6-10,16H2;1H4/t13-,14?;/m0./s1. The summed E-state index contributed by atoms with van der Waals surface area (Å²) in [6.07, 6.45) is 2.31. The van der Waals surface area contributed by atoms with Crippen molar-refractivity contribution in [2.75, 3.05) is 19.6 Å². The minimum atomic E-state index is -0.670. The molecule has 3 saturated heterocycles. The summed E-state index contributed by atoms with van der Waals surface area (Å²) in [6.45, 7) is 3.16. The number of carbonyl (C=O) groups excluding carboxylic acids is 1. The van der Waals surface area contributed by atoms with Crippen LogP contribution in [0.1, 0.15) is 31.9 Å². The molecule has 3 aliphatic rings. The van der Waals surface area contributed by atoms with E-state index in [0.717, 1.165) is 38.0 Å². The lowest BCUT2D eigenvalue weighted by molar-refractivity contribution is -0.160. The number of carbonyl (C=O) groups is 1. The van der Waals surface area contributed by atoms with E-state index >= 15 is 0 Å². The zero-order valence-electron chi connectivity index (χ0n) is 11.0. The van der Waals surface area contributed by atoms with Gasteiger partial charge < -0.3 is 10.5 Å². The lowest BCUT2D eigenvalue weighted by atomic mass is 9.86. The summed E-state index contributed by atoms with van der Waals surface area (Å²) in [6, 6.07) is 8.74. The maximum absolute atomic E-state index is 12.1. The normalized spacial score (nSPS) is 29.4. The van der Waals surface area contributed by atoms with Gasteiger partial charge in [0.1, 0.15) is 12.1 Å². The summed E-state index contributed by atoms with van der Waals surface area (Å²) < 4.78 is 5.64. The number of hydrogen-bond acceptors (Lipinski definition) is 4. The second-order valence-corrected chi connectivity index (χ2v) is 5.50. The Kier molecular flexibility index (Phi) is 4.78. The van der Waals surface area contributed by atoms with E-state index in [-0.39, 0.29) is 19.5 Å². The number of rotatable bonds is 3. The molecular weight excluding hydrogens is 252 g/mol. The van der Waals surface area contributed by atoms with E-state index in [9.17, 15) is 4.79 Å². The molecule has 1 aromatic rings. The fourth-order valence-electron chi connectivity index (χ4n) is 3.06. The Morgan fingerprint density at radius 3 is 2.45 bits per heavy atom. The average Bonchev–Trinajstić information content (AvgIpc) is 2.48. The van der Waals surface area contributed by atoms with E-state index in [0.29, 0.717) is 5.92 Å². The summed E-state index contributed by atoms with van der Waals surface area (Å²) >= 11 is 0. The predicted molar refractivity (Wildman–Crippen MR) is 79.1 cm³/mol. The fourth-order valence-corrected chi connectivity index (χ4v) is 3.06. The third-order valence-corrected chi connectivity index (χ3v) is 4.28. The van der Waals surface area contributed by atoms with E-state index in [1.54, 1.807) is 0 Å². The zero-order valence-corrected chi connectivity index (χ0v) is 11.0. The molecule has 0 spiro atoms. The van der Waals surface area contributed by atoms with Gasteiger partial charge in [0.05, 0.1) is 0 Å². The van der Waals surface area contributed by atoms with Crippen molar-refractivity contribution in [2.24, 2.45) is 11.7 Å². The second kappa shape index (κ2) is 6.37. The molecule has 110 valence electrons. The molecule has 0 amide bonds. The van der Waals surface area contributed by atoms with Crippen LogP contribution in [0.5, 0.6) is 0 Å². The van der Waals surface area contributed by atoms with Crippen LogP contribution >= 0.6 is 0 Å². The molecule has 0 saturated carbocycles. The minimum absolute atomic E-state index is 0. The quantitative estimate of drug-likeness (QED) is 0.857. The van der Waals surface area contributed by atoms with Gasteiger partial charge in [0.2, 0.25) is 0 Å². The molecular formula is C16H24N2O2. The van der Waals surface area contributed by atoms with Gasteiger partial charge >= 0.3 is 5.97 Å². The van der Waals surface area contributed by atoms with Crippen molar-refractivity contribution in [1.29, 1.82) is 0 Å². The summed E-state index contributed by atoms with van der Waals surface area (Å²) in [5, 5.41) is 0. The lowest BCUT2D eigenvalue weighted by Crippen LogP contribution is -2.52. The maximum atomic E-state index is 12.1. The van der Waals surface area contributed by atoms with Gasteiger partial charge in [-0.2, -0.15) is 0 Å². The molecule has 3 fully saturated rings. The smallest absolute Gasteiger partial charge is 0.327 e. The molecule has 4 rings (SSSR count). The van der Waals surface area contributed by atoms with Crippen LogP contribution in [-0.2, 0) is 9.53 Å². The van der Waals surface area contributed by atoms with Crippen molar-refractivity contribution < 1.29 is 9.53 Å². The molecule has 1 aromatic carbocycles. The monoisotopic (exact) mass is 276 g/mol. The molecule has 1 unspecified atom stereocenters. The SMILES string of the molecule is C.NC(C(=O)O[C@H]1CN2CCC1CC2)c1ccccc1. The topological polar surface area (TPSA) is 55.6 Å². The van der Waals surface area contributed by atoms with Crippen LogP contribution in [-0.4, -0.2) is 36.6 Å². The lowest BCUT2D eigenvalue weighted by Gasteiger charge is -2.44. The first-order valence-corrected chi connectivity index (χ1v) is 6.97. The first-order valence-electron chi connectivity index (χ1n) is 6.97. The van der Waals surface area contributed by atoms with Crippen LogP contribution in [0.2, 0.25) is 0 Å². The van der Waals surface area contributed by atoms with Crippen LogP contribution in [0.15, 0.2) is 30.3 Å². The van der Waals surface area contributed by atoms with Crippen LogP contribution in [0, 0.1) is 5.92 Å². The highest BCUT2D eigenvalue weighted by Gasteiger charge is 2.37. The number of piperidine rings is 3. The minimum Gasteiger partial charge on any atom is -0.459 e. The van der Waals surface area contributed by atoms with Crippen molar-refractivity contribution >= 4 is 5.97 Å². The highest BCUT2D eigenvalue weighted by atomic mass is 16.5. The first-order chi connectivity index (χ1) is 9.24. The Bertz CT molecular complexity index is 441. The summed E-state index contributed by atoms with van der Waals surface area (Å²) in [5.41, 5.74) is 6.78. The van der Waals surface area contributed by atoms with E-state index in [2.05, 4.69) is 4.90 Å². The molecule has 3 heterocycles. The Balaban J connectivity index is 0.00000147. The molecule has 2 N–H and O–H groups in total. The van der Waals surface area contributed by atoms with Crippen molar-refractivity contribution in [3.05, 3.63) is 35.9 Å². The summed E-state index contributed by atoms with van der Waals surface area (Å²) in [4.78, 5) is 14.5. The molecule has 20 heavy (non-hydrogen) atoms. The Labute approximate surface area is 120 Å². The number of nitrogens with zero attached hydrogens (tertiary/aromatic N) is 1. The number of esters is 1. The van der Waals surface area contributed by atoms with Gasteiger partial charge in [-0.1, -0.05) is 37.8 Å². The number of fused-ring (bicyclic) bond motifs is 3. The third-order valence-electron chi connectivity index (χ3n) is 4.28. The third kappa shape index (κ3) is 3.02. The van der Waals surface area contributed by atoms with Gasteiger partial charge in [0.25, 0.3) is 0 Å². The van der Waals surface area contributed by atoms with Crippen molar-refractivity contribution in [3.8, 4) is 0 Å². The number of nitrogens with two attached hydrogens (primary N) is 1. The van der Waals surface area contributed by atoms with Crippen molar-refractivity contribution in [1.82, 2.24) is 4.90 Å². The van der Waals surface area contributed by atoms with E-state index in [4.69, 9.17) is 10.5 Å². The van der Waals surface area contributed by atoms with Gasteiger partial charge in [0, 0.05) is 6.54 Å². The predicted octanol–water partition coefficient (Wildman–Crippen LogP) is 1.96. The van der Waals surface area contributed by atoms with Crippen LogP contribution < -0.4 is 5.73 Å². The Morgan fingerprint density at radius 2 is 1.90 bits per heavy atom. The van der Waals surface area contributed by atoms with E-state index < -0.39 is 6.04 Å². The largest absolute Gasteiger partial charge is 0.459 e. The number of benzene rings is 1. The fraction of sp³-hybridized carbons (Fsp3) is 0.562. The molecule has 3 aliphatic heterocycles. The zero-order chi connectivity index (χ0) is 13.2. The van der Waals surface area contributed by atoms with Crippen molar-refractivity contribution in [3.63, 3.8) is 0 Å². The molecule has 2 atom stereocenters. The van der Waals surface area contributed by atoms with Gasteiger partial charge in [0.15, 0.2) is 0 Å². The van der Waals surface area contributed by atoms with Gasteiger partial charge in [-0.3, -0.25) is 4.90 Å². The summed E-state index contributed by atoms with van der Waals surface area (Å²) in [7, 11) is 0. The van der Waals surface area contributed by atoms with Gasteiger partial charge in [-0.05, 0) is 37.4 Å².